The largest absolute Gasteiger partial charge is 0.294 e. The van der Waals surface area contributed by atoms with Crippen molar-refractivity contribution in [2.75, 3.05) is 0 Å². The molecule has 1 aromatic carbocycles. The van der Waals surface area contributed by atoms with Gasteiger partial charge in [0, 0.05) is 29.7 Å². The van der Waals surface area contributed by atoms with E-state index in [4.69, 9.17) is 0 Å². The topological polar surface area (TPSA) is 60.7 Å². The molecular weight excluding hydrogens is 338 g/mol. The summed E-state index contributed by atoms with van der Waals surface area (Å²) in [6, 6.07) is 7.40. The lowest BCUT2D eigenvalue weighted by Crippen LogP contribution is -2.22. The van der Waals surface area contributed by atoms with E-state index in [0.29, 0.717) is 22.0 Å². The highest BCUT2D eigenvalue weighted by molar-refractivity contribution is 5.75. The number of pyridine rings is 2. The van der Waals surface area contributed by atoms with E-state index in [1.807, 2.05) is 0 Å². The van der Waals surface area contributed by atoms with Crippen LogP contribution in [-0.2, 0) is 6.54 Å². The zero-order chi connectivity index (χ0) is 18.1. The smallest absolute Gasteiger partial charge is 0.261 e. The first-order chi connectivity index (χ1) is 12.6. The Labute approximate surface area is 146 Å². The minimum atomic E-state index is -0.731. The van der Waals surface area contributed by atoms with Crippen LogP contribution in [0.2, 0.25) is 0 Å². The van der Waals surface area contributed by atoms with Gasteiger partial charge in [0.05, 0.1) is 30.0 Å². The number of rotatable bonds is 3. The summed E-state index contributed by atoms with van der Waals surface area (Å²) in [4.78, 5) is 24.4. The van der Waals surface area contributed by atoms with Gasteiger partial charge in [-0.2, -0.15) is 0 Å². The van der Waals surface area contributed by atoms with E-state index < -0.39 is 11.6 Å². The summed E-state index contributed by atoms with van der Waals surface area (Å²) < 4.78 is 30.2. The van der Waals surface area contributed by atoms with Crippen LogP contribution in [0.3, 0.4) is 0 Å². The van der Waals surface area contributed by atoms with Crippen LogP contribution in [0.4, 0.5) is 8.78 Å². The van der Waals surface area contributed by atoms with Crippen LogP contribution in [0.15, 0.2) is 66.2 Å². The van der Waals surface area contributed by atoms with Crippen molar-refractivity contribution in [3.05, 3.63) is 89.0 Å². The van der Waals surface area contributed by atoms with Gasteiger partial charge in [-0.3, -0.25) is 19.3 Å². The van der Waals surface area contributed by atoms with Crippen molar-refractivity contribution in [2.45, 2.75) is 6.54 Å². The molecule has 26 heavy (non-hydrogen) atoms. The van der Waals surface area contributed by atoms with Crippen molar-refractivity contribution in [1.29, 1.82) is 0 Å². The number of hydrogen-bond donors (Lipinski definition) is 0. The third kappa shape index (κ3) is 2.83. The van der Waals surface area contributed by atoms with Gasteiger partial charge in [-0.25, -0.2) is 13.8 Å². The van der Waals surface area contributed by atoms with Crippen molar-refractivity contribution in [3.8, 4) is 11.1 Å². The zero-order valence-electron chi connectivity index (χ0n) is 13.4. The molecule has 7 heteroatoms. The molecule has 0 unspecified atom stereocenters. The molecule has 0 N–H and O–H groups in total. The Morgan fingerprint density at radius 2 is 1.73 bits per heavy atom. The van der Waals surface area contributed by atoms with Crippen LogP contribution in [0.25, 0.3) is 22.0 Å². The van der Waals surface area contributed by atoms with Crippen LogP contribution in [0.5, 0.6) is 0 Å². The fourth-order valence-corrected chi connectivity index (χ4v) is 2.75. The molecule has 128 valence electrons. The maximum Gasteiger partial charge on any atom is 0.261 e. The minimum Gasteiger partial charge on any atom is -0.294 e. The molecule has 0 aliphatic rings. The molecule has 0 aliphatic carbocycles. The minimum absolute atomic E-state index is 0.199. The standard InChI is InChI=1S/C19H12F2N4O/c20-16-6-13(12-2-1-4-22-8-12)7-17(21)15(16)10-25-11-24-18-9-23-5-3-14(18)19(25)26/h1-9,11H,10H2. The van der Waals surface area contributed by atoms with Crippen molar-refractivity contribution in [3.63, 3.8) is 0 Å². The predicted octanol–water partition coefficient (Wildman–Crippen LogP) is 3.18. The lowest BCUT2D eigenvalue weighted by Gasteiger charge is -2.10. The third-order valence-electron chi connectivity index (χ3n) is 4.09. The van der Waals surface area contributed by atoms with E-state index in [-0.39, 0.29) is 17.7 Å². The first-order valence-electron chi connectivity index (χ1n) is 7.81. The Kier molecular flexibility index (Phi) is 3.96. The monoisotopic (exact) mass is 350 g/mol. The molecule has 0 saturated heterocycles. The van der Waals surface area contributed by atoms with Crippen molar-refractivity contribution in [1.82, 2.24) is 19.5 Å². The van der Waals surface area contributed by atoms with E-state index in [0.717, 1.165) is 0 Å². The average molecular weight is 350 g/mol. The Bertz CT molecular complexity index is 1140. The van der Waals surface area contributed by atoms with Crippen LogP contribution >= 0.6 is 0 Å². The molecule has 0 amide bonds. The van der Waals surface area contributed by atoms with Gasteiger partial charge < -0.3 is 0 Å². The maximum atomic E-state index is 14.5. The summed E-state index contributed by atoms with van der Waals surface area (Å²) in [5.41, 5.74) is 0.838. The van der Waals surface area contributed by atoms with Gasteiger partial charge in [0.15, 0.2) is 0 Å². The van der Waals surface area contributed by atoms with Crippen LogP contribution in [0.1, 0.15) is 5.56 Å². The Balaban J connectivity index is 1.76. The number of hydrogen-bond acceptors (Lipinski definition) is 4. The predicted molar refractivity (Wildman–Crippen MR) is 92.5 cm³/mol. The van der Waals surface area contributed by atoms with Gasteiger partial charge >= 0.3 is 0 Å². The second-order valence-corrected chi connectivity index (χ2v) is 5.73. The molecule has 0 fully saturated rings. The summed E-state index contributed by atoms with van der Waals surface area (Å²) in [7, 11) is 0. The quantitative estimate of drug-likeness (QED) is 0.569. The lowest BCUT2D eigenvalue weighted by atomic mass is 10.0. The van der Waals surface area contributed by atoms with E-state index in [1.54, 1.807) is 18.3 Å². The summed E-state index contributed by atoms with van der Waals surface area (Å²) >= 11 is 0. The Hall–Kier alpha value is -3.48. The molecule has 0 spiro atoms. The van der Waals surface area contributed by atoms with Gasteiger partial charge in [0.2, 0.25) is 0 Å². The summed E-state index contributed by atoms with van der Waals surface area (Å²) in [5, 5.41) is 0.343. The molecule has 4 rings (SSSR count). The summed E-state index contributed by atoms with van der Waals surface area (Å²) in [6.07, 6.45) is 7.31. The fourth-order valence-electron chi connectivity index (χ4n) is 2.75. The number of aromatic nitrogens is 4. The molecule has 0 bridgehead atoms. The number of fused-ring (bicyclic) bond motifs is 1. The summed E-state index contributed by atoms with van der Waals surface area (Å²) in [6.45, 7) is -0.255. The molecule has 3 aromatic heterocycles. The molecular formula is C19H12F2N4O. The van der Waals surface area contributed by atoms with Gasteiger partial charge in [0.25, 0.3) is 5.56 Å². The second kappa shape index (κ2) is 6.44. The number of halogens is 2. The van der Waals surface area contributed by atoms with E-state index >= 15 is 0 Å². The van der Waals surface area contributed by atoms with Crippen molar-refractivity contribution in [2.24, 2.45) is 0 Å². The highest BCUT2D eigenvalue weighted by Gasteiger charge is 2.14. The molecule has 4 aromatic rings. The van der Waals surface area contributed by atoms with Crippen LogP contribution < -0.4 is 5.56 Å². The molecule has 0 radical (unpaired) electrons. The molecule has 0 saturated carbocycles. The van der Waals surface area contributed by atoms with Crippen LogP contribution in [-0.4, -0.2) is 19.5 Å². The van der Waals surface area contributed by atoms with Crippen molar-refractivity contribution < 1.29 is 8.78 Å². The molecule has 0 atom stereocenters. The summed E-state index contributed by atoms with van der Waals surface area (Å²) in [5.74, 6) is -1.46. The maximum absolute atomic E-state index is 14.5. The van der Waals surface area contributed by atoms with Crippen LogP contribution in [0, 0.1) is 11.6 Å². The fraction of sp³-hybridized carbons (Fsp3) is 0.0526. The van der Waals surface area contributed by atoms with E-state index in [2.05, 4.69) is 15.0 Å². The van der Waals surface area contributed by atoms with Gasteiger partial charge in [0.1, 0.15) is 11.6 Å². The van der Waals surface area contributed by atoms with Gasteiger partial charge in [-0.1, -0.05) is 6.07 Å². The average Bonchev–Trinajstić information content (AvgIpc) is 2.67. The first kappa shape index (κ1) is 16.0. The van der Waals surface area contributed by atoms with Gasteiger partial charge in [-0.05, 0) is 29.8 Å². The SMILES string of the molecule is O=c1c2ccncc2ncn1Cc1c(F)cc(-c2cccnc2)cc1F. The van der Waals surface area contributed by atoms with Crippen molar-refractivity contribution >= 4 is 10.9 Å². The Morgan fingerprint density at radius 3 is 2.46 bits per heavy atom. The normalized spacial score (nSPS) is 11.0. The lowest BCUT2D eigenvalue weighted by molar-refractivity contribution is 0.541. The highest BCUT2D eigenvalue weighted by atomic mass is 19.1. The number of nitrogens with zero attached hydrogens (tertiary/aromatic N) is 4. The number of benzene rings is 1. The van der Waals surface area contributed by atoms with E-state index in [1.165, 1.54) is 47.7 Å². The van der Waals surface area contributed by atoms with Gasteiger partial charge in [-0.15, -0.1) is 0 Å². The molecule has 0 aliphatic heterocycles. The molecule has 5 nitrogen and oxygen atoms in total. The zero-order valence-corrected chi connectivity index (χ0v) is 13.4. The van der Waals surface area contributed by atoms with E-state index in [9.17, 15) is 13.6 Å². The first-order valence-corrected chi connectivity index (χ1v) is 7.81. The second-order valence-electron chi connectivity index (χ2n) is 5.73. The Morgan fingerprint density at radius 1 is 0.962 bits per heavy atom. The molecule has 3 heterocycles. The third-order valence-corrected chi connectivity index (χ3v) is 4.09. The highest BCUT2D eigenvalue weighted by Crippen LogP contribution is 2.24.